The van der Waals surface area contributed by atoms with Gasteiger partial charge in [0.05, 0.1) is 7.05 Å². The van der Waals surface area contributed by atoms with Crippen LogP contribution in [0.5, 0.6) is 5.75 Å². The van der Waals surface area contributed by atoms with Crippen LogP contribution in [-0.4, -0.2) is 32.7 Å². The van der Waals surface area contributed by atoms with Gasteiger partial charge in [-0.15, -0.1) is 0 Å². The van der Waals surface area contributed by atoms with E-state index in [4.69, 9.17) is 16.3 Å². The third kappa shape index (κ3) is 6.18. The largest absolute Gasteiger partial charge is 0.488 e. The van der Waals surface area contributed by atoms with Crippen LogP contribution in [0.3, 0.4) is 0 Å². The lowest BCUT2D eigenvalue weighted by atomic mass is 10.2. The molecule has 2 rings (SSSR count). The average molecular weight is 352 g/mol. The molecular formula is C18H21ClFN2O2+. The van der Waals surface area contributed by atoms with Crippen LogP contribution in [0.2, 0.25) is 5.02 Å². The topological polar surface area (TPSA) is 42.8 Å². The zero-order valence-electron chi connectivity index (χ0n) is 13.5. The summed E-state index contributed by atoms with van der Waals surface area (Å²) in [5.74, 6) is 0.279. The molecule has 2 aromatic carbocycles. The van der Waals surface area contributed by atoms with Crippen molar-refractivity contribution >= 4 is 17.5 Å². The Morgan fingerprint density at radius 1 is 1.21 bits per heavy atom. The molecule has 0 aromatic heterocycles. The molecule has 2 N–H and O–H groups in total. The van der Waals surface area contributed by atoms with Crippen LogP contribution in [0.1, 0.15) is 5.56 Å². The minimum absolute atomic E-state index is 0.0470. The molecule has 0 saturated heterocycles. The quantitative estimate of drug-likeness (QED) is 0.760. The molecule has 1 amide bonds. The van der Waals surface area contributed by atoms with Crippen LogP contribution in [-0.2, 0) is 11.3 Å². The molecule has 0 heterocycles. The fourth-order valence-electron chi connectivity index (χ4n) is 2.13. The monoisotopic (exact) mass is 351 g/mol. The molecule has 1 atom stereocenters. The van der Waals surface area contributed by atoms with Crippen molar-refractivity contribution in [1.82, 2.24) is 5.32 Å². The lowest BCUT2D eigenvalue weighted by Gasteiger charge is -2.14. The van der Waals surface area contributed by atoms with E-state index in [1.807, 2.05) is 25.2 Å². The summed E-state index contributed by atoms with van der Waals surface area (Å²) in [5.41, 5.74) is 0.893. The second kappa shape index (κ2) is 9.25. The Morgan fingerprint density at radius 2 is 1.92 bits per heavy atom. The van der Waals surface area contributed by atoms with Gasteiger partial charge in [-0.25, -0.2) is 4.39 Å². The molecule has 0 spiro atoms. The van der Waals surface area contributed by atoms with Gasteiger partial charge in [-0.1, -0.05) is 29.8 Å². The molecule has 0 fully saturated rings. The summed E-state index contributed by atoms with van der Waals surface area (Å²) in [5, 5.41) is 3.50. The van der Waals surface area contributed by atoms with Crippen LogP contribution in [0, 0.1) is 5.82 Å². The van der Waals surface area contributed by atoms with E-state index >= 15 is 0 Å². The van der Waals surface area contributed by atoms with Crippen molar-refractivity contribution in [1.29, 1.82) is 0 Å². The molecule has 24 heavy (non-hydrogen) atoms. The number of carbonyl (C=O) groups is 1. The van der Waals surface area contributed by atoms with Gasteiger partial charge >= 0.3 is 0 Å². The number of carbonyl (C=O) groups excluding carboxylic acids is 1. The van der Waals surface area contributed by atoms with Crippen molar-refractivity contribution in [3.8, 4) is 5.75 Å². The average Bonchev–Trinajstić information content (AvgIpc) is 2.56. The first kappa shape index (κ1) is 18.2. The number of ether oxygens (including phenoxy) is 1. The number of hydrogen-bond acceptors (Lipinski definition) is 2. The standard InChI is InChI=1S/C18H20ClFN2O2/c1-22(10-11-24-16-8-6-15(20)7-9-16)13-18(23)21-12-14-4-2-3-5-17(14)19/h2-9H,10-13H2,1H3,(H,21,23)/p+1. The summed E-state index contributed by atoms with van der Waals surface area (Å²) in [6.07, 6.45) is 0. The number of hydrogen-bond donors (Lipinski definition) is 2. The van der Waals surface area contributed by atoms with E-state index in [1.165, 1.54) is 12.1 Å². The summed E-state index contributed by atoms with van der Waals surface area (Å²) in [4.78, 5) is 13.0. The molecule has 1 unspecified atom stereocenters. The second-order valence-corrected chi connectivity index (χ2v) is 5.96. The predicted molar refractivity (Wildman–Crippen MR) is 91.8 cm³/mol. The zero-order chi connectivity index (χ0) is 17.4. The molecule has 0 aliphatic rings. The maximum atomic E-state index is 12.8. The first-order chi connectivity index (χ1) is 11.5. The van der Waals surface area contributed by atoms with Gasteiger partial charge in [-0.05, 0) is 35.9 Å². The Kier molecular flexibility index (Phi) is 7.03. The normalized spacial score (nSPS) is 11.8. The summed E-state index contributed by atoms with van der Waals surface area (Å²) in [6.45, 7) is 1.88. The minimum Gasteiger partial charge on any atom is -0.488 e. The van der Waals surface area contributed by atoms with Gasteiger partial charge in [0.15, 0.2) is 6.54 Å². The number of benzene rings is 2. The van der Waals surface area contributed by atoms with E-state index < -0.39 is 0 Å². The van der Waals surface area contributed by atoms with Gasteiger partial charge in [0.2, 0.25) is 0 Å². The van der Waals surface area contributed by atoms with E-state index in [9.17, 15) is 9.18 Å². The molecule has 0 saturated carbocycles. The third-order valence-electron chi connectivity index (χ3n) is 3.51. The maximum absolute atomic E-state index is 12.8. The van der Waals surface area contributed by atoms with E-state index in [0.717, 1.165) is 10.5 Å². The van der Waals surface area contributed by atoms with Crippen LogP contribution >= 0.6 is 11.6 Å². The van der Waals surface area contributed by atoms with Gasteiger partial charge in [-0.3, -0.25) is 4.79 Å². The first-order valence-corrected chi connectivity index (χ1v) is 8.12. The van der Waals surface area contributed by atoms with Gasteiger partial charge in [0, 0.05) is 11.6 Å². The molecule has 0 aliphatic carbocycles. The van der Waals surface area contributed by atoms with E-state index in [-0.39, 0.29) is 11.7 Å². The Labute approximate surface area is 146 Å². The maximum Gasteiger partial charge on any atom is 0.275 e. The van der Waals surface area contributed by atoms with Gasteiger partial charge in [0.1, 0.15) is 24.7 Å². The lowest BCUT2D eigenvalue weighted by Crippen LogP contribution is -3.10. The molecule has 4 nitrogen and oxygen atoms in total. The molecular weight excluding hydrogens is 331 g/mol. The Balaban J connectivity index is 1.66. The highest BCUT2D eigenvalue weighted by molar-refractivity contribution is 6.31. The molecule has 0 radical (unpaired) electrons. The lowest BCUT2D eigenvalue weighted by molar-refractivity contribution is -0.871. The minimum atomic E-state index is -0.291. The number of rotatable bonds is 8. The highest BCUT2D eigenvalue weighted by Crippen LogP contribution is 2.14. The summed E-state index contributed by atoms with van der Waals surface area (Å²) in [6, 6.07) is 13.3. The number of quaternary nitrogens is 1. The van der Waals surface area contributed by atoms with Crippen LogP contribution < -0.4 is 15.0 Å². The fourth-order valence-corrected chi connectivity index (χ4v) is 2.34. The van der Waals surface area contributed by atoms with E-state index in [0.29, 0.717) is 37.0 Å². The second-order valence-electron chi connectivity index (χ2n) is 5.55. The van der Waals surface area contributed by atoms with Crippen molar-refractivity contribution in [2.75, 3.05) is 26.7 Å². The highest BCUT2D eigenvalue weighted by atomic mass is 35.5. The van der Waals surface area contributed by atoms with E-state index in [1.54, 1.807) is 18.2 Å². The fraction of sp³-hybridized carbons (Fsp3) is 0.278. The molecule has 128 valence electrons. The molecule has 2 aromatic rings. The molecule has 0 aliphatic heterocycles. The van der Waals surface area contributed by atoms with Crippen LogP contribution in [0.4, 0.5) is 4.39 Å². The third-order valence-corrected chi connectivity index (χ3v) is 3.88. The Hall–Kier alpha value is -2.11. The Bertz CT molecular complexity index is 664. The summed E-state index contributed by atoms with van der Waals surface area (Å²) >= 11 is 6.05. The Morgan fingerprint density at radius 3 is 2.62 bits per heavy atom. The summed E-state index contributed by atoms with van der Waals surface area (Å²) in [7, 11) is 1.92. The van der Waals surface area contributed by atoms with Crippen molar-refractivity contribution in [3.05, 3.63) is 64.9 Å². The molecule has 0 bridgehead atoms. The van der Waals surface area contributed by atoms with Crippen molar-refractivity contribution < 1.29 is 18.8 Å². The van der Waals surface area contributed by atoms with Crippen LogP contribution in [0.15, 0.2) is 48.5 Å². The summed E-state index contributed by atoms with van der Waals surface area (Å²) < 4.78 is 18.3. The van der Waals surface area contributed by atoms with E-state index in [2.05, 4.69) is 5.32 Å². The van der Waals surface area contributed by atoms with Crippen LogP contribution in [0.25, 0.3) is 0 Å². The first-order valence-electron chi connectivity index (χ1n) is 7.74. The van der Waals surface area contributed by atoms with Crippen molar-refractivity contribution in [2.45, 2.75) is 6.54 Å². The van der Waals surface area contributed by atoms with Crippen molar-refractivity contribution in [2.24, 2.45) is 0 Å². The highest BCUT2D eigenvalue weighted by Gasteiger charge is 2.10. The molecule has 6 heteroatoms. The van der Waals surface area contributed by atoms with Gasteiger partial charge < -0.3 is 15.0 Å². The predicted octanol–water partition coefficient (Wildman–Crippen LogP) is 1.69. The number of likely N-dealkylation sites (N-methyl/N-ethyl adjacent to an activating group) is 1. The van der Waals surface area contributed by atoms with Gasteiger partial charge in [0.25, 0.3) is 5.91 Å². The number of amides is 1. The van der Waals surface area contributed by atoms with Gasteiger partial charge in [-0.2, -0.15) is 0 Å². The smallest absolute Gasteiger partial charge is 0.275 e. The SMILES string of the molecule is C[NH+](CCOc1ccc(F)cc1)CC(=O)NCc1ccccc1Cl. The zero-order valence-corrected chi connectivity index (χ0v) is 14.3. The number of nitrogens with one attached hydrogen (secondary N) is 2. The number of halogens is 2. The van der Waals surface area contributed by atoms with Crippen molar-refractivity contribution in [3.63, 3.8) is 0 Å².